The van der Waals surface area contributed by atoms with E-state index in [4.69, 9.17) is 9.47 Å². The molecule has 0 fully saturated rings. The van der Waals surface area contributed by atoms with Crippen molar-refractivity contribution in [3.05, 3.63) is 16.6 Å². The third kappa shape index (κ3) is 5.65. The van der Waals surface area contributed by atoms with Crippen LogP contribution in [0.15, 0.2) is 21.5 Å². The molecule has 1 aromatic carbocycles. The van der Waals surface area contributed by atoms with Crippen LogP contribution in [0.25, 0.3) is 0 Å². The fraction of sp³-hybridized carbons (Fsp3) is 0.625. The van der Waals surface area contributed by atoms with Crippen LogP contribution in [0, 0.1) is 5.41 Å². The molecule has 0 saturated heterocycles. The van der Waals surface area contributed by atoms with Gasteiger partial charge in [0.2, 0.25) is 10.0 Å². The molecule has 1 aromatic rings. The van der Waals surface area contributed by atoms with Gasteiger partial charge in [-0.3, -0.25) is 0 Å². The Bertz CT molecular complexity index is 663. The number of nitrogens with one attached hydrogen (secondary N) is 1. The average molecular weight is 408 g/mol. The van der Waals surface area contributed by atoms with E-state index < -0.39 is 15.6 Å². The fourth-order valence-electron chi connectivity index (χ4n) is 2.82. The third-order valence-corrected chi connectivity index (χ3v) is 5.45. The average Bonchev–Trinajstić information content (AvgIpc) is 2.33. The van der Waals surface area contributed by atoms with Crippen LogP contribution < -0.4 is 14.2 Å². The largest absolute Gasteiger partial charge is 0.496 e. The summed E-state index contributed by atoms with van der Waals surface area (Å²) in [5.74, 6) is 0.691. The van der Waals surface area contributed by atoms with Gasteiger partial charge < -0.3 is 9.47 Å². The molecule has 0 atom stereocenters. The Labute approximate surface area is 147 Å². The SMILES string of the molecule is COc1cc(S(=O)(=O)NC(C)(C)CC(C)(C)C)c(OC)cc1Br. The van der Waals surface area contributed by atoms with Crippen molar-refractivity contribution >= 4 is 26.0 Å². The molecule has 0 saturated carbocycles. The van der Waals surface area contributed by atoms with Crippen molar-refractivity contribution in [2.75, 3.05) is 14.2 Å². The molecule has 0 aromatic heterocycles. The minimum atomic E-state index is -3.76. The number of ether oxygens (including phenoxy) is 2. The lowest BCUT2D eigenvalue weighted by molar-refractivity contribution is 0.269. The maximum Gasteiger partial charge on any atom is 0.244 e. The zero-order valence-corrected chi connectivity index (χ0v) is 17.2. The Balaban J connectivity index is 3.28. The molecule has 7 heteroatoms. The Kier molecular flexibility index (Phi) is 6.15. The monoisotopic (exact) mass is 407 g/mol. The third-order valence-electron chi connectivity index (χ3n) is 3.11. The summed E-state index contributed by atoms with van der Waals surface area (Å²) in [4.78, 5) is 0.0574. The summed E-state index contributed by atoms with van der Waals surface area (Å²) in [6.45, 7) is 9.97. The number of sulfonamides is 1. The van der Waals surface area contributed by atoms with E-state index >= 15 is 0 Å². The minimum Gasteiger partial charge on any atom is -0.496 e. The van der Waals surface area contributed by atoms with Crippen molar-refractivity contribution in [2.24, 2.45) is 5.41 Å². The Morgan fingerprint density at radius 3 is 2.00 bits per heavy atom. The van der Waals surface area contributed by atoms with Crippen LogP contribution in [0.1, 0.15) is 41.0 Å². The molecule has 0 spiro atoms. The first-order valence-corrected chi connectivity index (χ1v) is 9.54. The van der Waals surface area contributed by atoms with Gasteiger partial charge in [-0.05, 0) is 47.7 Å². The molecule has 0 radical (unpaired) electrons. The summed E-state index contributed by atoms with van der Waals surface area (Å²) in [5.41, 5.74) is -0.601. The van der Waals surface area contributed by atoms with Crippen LogP contribution >= 0.6 is 15.9 Å². The lowest BCUT2D eigenvalue weighted by atomic mass is 9.82. The number of methoxy groups -OCH3 is 2. The van der Waals surface area contributed by atoms with E-state index in [1.807, 2.05) is 13.8 Å². The first kappa shape index (κ1) is 20.3. The van der Waals surface area contributed by atoms with Gasteiger partial charge in [0.05, 0.1) is 18.7 Å². The summed E-state index contributed by atoms with van der Waals surface area (Å²) >= 11 is 3.33. The van der Waals surface area contributed by atoms with Crippen LogP contribution in [-0.2, 0) is 10.0 Å². The maximum absolute atomic E-state index is 12.8. The van der Waals surface area contributed by atoms with E-state index in [0.717, 1.165) is 0 Å². The zero-order valence-electron chi connectivity index (χ0n) is 14.8. The predicted octanol–water partition coefficient (Wildman–Crippen LogP) is 3.96. The van der Waals surface area contributed by atoms with Crippen LogP contribution in [0.5, 0.6) is 11.5 Å². The molecule has 5 nitrogen and oxygen atoms in total. The van der Waals surface area contributed by atoms with E-state index in [1.54, 1.807) is 6.07 Å². The van der Waals surface area contributed by atoms with Gasteiger partial charge in [0.1, 0.15) is 16.4 Å². The normalized spacial score (nSPS) is 13.0. The quantitative estimate of drug-likeness (QED) is 0.774. The topological polar surface area (TPSA) is 64.6 Å². The number of rotatable bonds is 6. The van der Waals surface area contributed by atoms with Crippen LogP contribution in [0.3, 0.4) is 0 Å². The van der Waals surface area contributed by atoms with E-state index in [2.05, 4.69) is 41.4 Å². The van der Waals surface area contributed by atoms with Crippen molar-refractivity contribution in [1.82, 2.24) is 4.72 Å². The van der Waals surface area contributed by atoms with E-state index in [1.165, 1.54) is 20.3 Å². The second kappa shape index (κ2) is 6.99. The second-order valence-electron chi connectivity index (χ2n) is 7.36. The van der Waals surface area contributed by atoms with Crippen molar-refractivity contribution in [3.8, 4) is 11.5 Å². The van der Waals surface area contributed by atoms with Crippen LogP contribution in [0.4, 0.5) is 0 Å². The minimum absolute atomic E-state index is 0.00644. The Hall–Kier alpha value is -0.790. The molecule has 0 aliphatic carbocycles. The van der Waals surface area contributed by atoms with Crippen molar-refractivity contribution in [2.45, 2.75) is 51.5 Å². The summed E-state index contributed by atoms with van der Waals surface area (Å²) in [5, 5.41) is 0. The molecular formula is C16H26BrNO4S. The second-order valence-corrected chi connectivity index (χ2v) is 9.87. The summed E-state index contributed by atoms with van der Waals surface area (Å²) in [7, 11) is -0.834. The Morgan fingerprint density at radius 2 is 1.57 bits per heavy atom. The summed E-state index contributed by atoms with van der Waals surface area (Å²) in [6.07, 6.45) is 0.690. The molecule has 0 heterocycles. The standard InChI is InChI=1S/C16H26BrNO4S/c1-15(2,3)10-16(4,5)18-23(19,20)14-9-12(21-6)11(17)8-13(14)22-7/h8-9,18H,10H2,1-7H3. The van der Waals surface area contributed by atoms with Gasteiger partial charge in [-0.15, -0.1) is 0 Å². The summed E-state index contributed by atoms with van der Waals surface area (Å²) < 4.78 is 39.5. The first-order chi connectivity index (χ1) is 10.3. The highest BCUT2D eigenvalue weighted by Gasteiger charge is 2.32. The molecule has 1 N–H and O–H groups in total. The zero-order chi connectivity index (χ0) is 18.1. The fourth-order valence-corrected chi connectivity index (χ4v) is 4.89. The van der Waals surface area contributed by atoms with Gasteiger partial charge >= 0.3 is 0 Å². The van der Waals surface area contributed by atoms with Gasteiger partial charge in [0.15, 0.2) is 0 Å². The number of halogens is 1. The Morgan fingerprint density at radius 1 is 1.04 bits per heavy atom. The van der Waals surface area contributed by atoms with Crippen molar-refractivity contribution in [3.63, 3.8) is 0 Å². The molecule has 0 aliphatic heterocycles. The molecule has 0 aliphatic rings. The van der Waals surface area contributed by atoms with E-state index in [0.29, 0.717) is 16.6 Å². The van der Waals surface area contributed by atoms with Crippen molar-refractivity contribution in [1.29, 1.82) is 0 Å². The smallest absolute Gasteiger partial charge is 0.244 e. The molecular weight excluding hydrogens is 382 g/mol. The molecule has 0 unspecified atom stereocenters. The van der Waals surface area contributed by atoms with E-state index in [9.17, 15) is 8.42 Å². The molecule has 0 amide bonds. The maximum atomic E-state index is 12.8. The lowest BCUT2D eigenvalue weighted by Gasteiger charge is -2.33. The van der Waals surface area contributed by atoms with Crippen molar-refractivity contribution < 1.29 is 17.9 Å². The van der Waals surface area contributed by atoms with E-state index in [-0.39, 0.29) is 16.1 Å². The summed E-state index contributed by atoms with van der Waals surface area (Å²) in [6, 6.07) is 3.04. The van der Waals surface area contributed by atoms with Gasteiger partial charge in [-0.2, -0.15) is 0 Å². The van der Waals surface area contributed by atoms with Crippen LogP contribution in [0.2, 0.25) is 0 Å². The highest BCUT2D eigenvalue weighted by Crippen LogP contribution is 2.36. The van der Waals surface area contributed by atoms with Gasteiger partial charge in [-0.1, -0.05) is 20.8 Å². The first-order valence-electron chi connectivity index (χ1n) is 7.27. The highest BCUT2D eigenvalue weighted by atomic mass is 79.9. The number of hydrogen-bond acceptors (Lipinski definition) is 4. The van der Waals surface area contributed by atoms with Gasteiger partial charge in [0, 0.05) is 11.6 Å². The number of benzene rings is 1. The molecule has 23 heavy (non-hydrogen) atoms. The van der Waals surface area contributed by atoms with Gasteiger partial charge in [0.25, 0.3) is 0 Å². The molecule has 1 rings (SSSR count). The number of hydrogen-bond donors (Lipinski definition) is 1. The van der Waals surface area contributed by atoms with Crippen LogP contribution in [-0.4, -0.2) is 28.2 Å². The molecule has 132 valence electrons. The highest BCUT2D eigenvalue weighted by molar-refractivity contribution is 9.10. The lowest BCUT2D eigenvalue weighted by Crippen LogP contribution is -2.45. The molecule has 0 bridgehead atoms. The predicted molar refractivity (Wildman–Crippen MR) is 95.7 cm³/mol. The van der Waals surface area contributed by atoms with Gasteiger partial charge in [-0.25, -0.2) is 13.1 Å².